The Balaban J connectivity index is 2.37. The van der Waals surface area contributed by atoms with Crippen molar-refractivity contribution < 1.29 is 9.18 Å². The van der Waals surface area contributed by atoms with Crippen LogP contribution in [0.25, 0.3) is 0 Å². The Morgan fingerprint density at radius 2 is 1.89 bits per heavy atom. The van der Waals surface area contributed by atoms with E-state index in [2.05, 4.69) is 0 Å². The number of rotatable bonds is 2. The van der Waals surface area contributed by atoms with Crippen molar-refractivity contribution in [2.45, 2.75) is 6.92 Å². The average Bonchev–Trinajstić information content (AvgIpc) is 2.38. The maximum absolute atomic E-state index is 13.7. The standard InChI is InChI=1S/C15H15FN2O/c1-10-5-3-4-6-14(10)18(2)15(19)12-8-7-11(17)9-13(12)16/h3-9H,17H2,1-2H3. The van der Waals surface area contributed by atoms with Gasteiger partial charge in [-0.1, -0.05) is 18.2 Å². The summed E-state index contributed by atoms with van der Waals surface area (Å²) in [5.41, 5.74) is 7.49. The van der Waals surface area contributed by atoms with Crippen molar-refractivity contribution in [3.63, 3.8) is 0 Å². The quantitative estimate of drug-likeness (QED) is 0.842. The van der Waals surface area contributed by atoms with E-state index >= 15 is 0 Å². The number of carbonyl (C=O) groups is 1. The van der Waals surface area contributed by atoms with Crippen LogP contribution in [0.4, 0.5) is 15.8 Å². The molecule has 1 amide bonds. The maximum atomic E-state index is 13.7. The van der Waals surface area contributed by atoms with Gasteiger partial charge in [0.1, 0.15) is 5.82 Å². The average molecular weight is 258 g/mol. The third-order valence-electron chi connectivity index (χ3n) is 3.00. The van der Waals surface area contributed by atoms with Crippen molar-refractivity contribution in [3.05, 3.63) is 59.4 Å². The summed E-state index contributed by atoms with van der Waals surface area (Å²) in [5, 5.41) is 0. The molecule has 0 bridgehead atoms. The first-order valence-corrected chi connectivity index (χ1v) is 5.89. The fraction of sp³-hybridized carbons (Fsp3) is 0.133. The Morgan fingerprint density at radius 3 is 2.53 bits per heavy atom. The van der Waals surface area contributed by atoms with E-state index in [4.69, 9.17) is 5.73 Å². The molecule has 2 rings (SSSR count). The molecule has 0 aliphatic rings. The lowest BCUT2D eigenvalue weighted by Crippen LogP contribution is -2.27. The Hall–Kier alpha value is -2.36. The highest BCUT2D eigenvalue weighted by Gasteiger charge is 2.18. The fourth-order valence-corrected chi connectivity index (χ4v) is 1.93. The highest BCUT2D eigenvalue weighted by molar-refractivity contribution is 6.06. The van der Waals surface area contributed by atoms with Gasteiger partial charge in [-0.2, -0.15) is 0 Å². The molecule has 0 aromatic heterocycles. The number of aryl methyl sites for hydroxylation is 1. The van der Waals surface area contributed by atoms with E-state index in [0.29, 0.717) is 5.69 Å². The predicted octanol–water partition coefficient (Wildman–Crippen LogP) is 2.99. The smallest absolute Gasteiger partial charge is 0.260 e. The van der Waals surface area contributed by atoms with Crippen LogP contribution >= 0.6 is 0 Å². The van der Waals surface area contributed by atoms with Gasteiger partial charge in [-0.25, -0.2) is 4.39 Å². The molecule has 19 heavy (non-hydrogen) atoms. The molecule has 98 valence electrons. The normalized spacial score (nSPS) is 10.3. The highest BCUT2D eigenvalue weighted by atomic mass is 19.1. The van der Waals surface area contributed by atoms with E-state index in [1.165, 1.54) is 17.0 Å². The minimum absolute atomic E-state index is 0.0138. The Bertz CT molecular complexity index is 625. The molecule has 0 saturated heterocycles. The molecule has 0 radical (unpaired) electrons. The van der Waals surface area contributed by atoms with Gasteiger partial charge in [-0.15, -0.1) is 0 Å². The molecule has 0 fully saturated rings. The van der Waals surface area contributed by atoms with Crippen LogP contribution in [0.15, 0.2) is 42.5 Å². The molecule has 0 atom stereocenters. The van der Waals surface area contributed by atoms with Crippen molar-refractivity contribution in [1.29, 1.82) is 0 Å². The molecule has 0 aliphatic heterocycles. The summed E-state index contributed by atoms with van der Waals surface area (Å²) in [4.78, 5) is 13.7. The summed E-state index contributed by atoms with van der Waals surface area (Å²) in [6, 6.07) is 11.5. The Morgan fingerprint density at radius 1 is 1.21 bits per heavy atom. The van der Waals surface area contributed by atoms with Crippen LogP contribution in [0, 0.1) is 12.7 Å². The van der Waals surface area contributed by atoms with Crippen LogP contribution in [-0.2, 0) is 0 Å². The number of carbonyl (C=O) groups excluding carboxylic acids is 1. The second kappa shape index (κ2) is 5.10. The van der Waals surface area contributed by atoms with Gasteiger partial charge in [0.2, 0.25) is 0 Å². The molecule has 4 heteroatoms. The van der Waals surface area contributed by atoms with Crippen LogP contribution in [-0.4, -0.2) is 13.0 Å². The SMILES string of the molecule is Cc1ccccc1N(C)C(=O)c1ccc(N)cc1F. The lowest BCUT2D eigenvalue weighted by atomic mass is 10.1. The lowest BCUT2D eigenvalue weighted by Gasteiger charge is -2.19. The van der Waals surface area contributed by atoms with Crippen LogP contribution < -0.4 is 10.6 Å². The third-order valence-corrected chi connectivity index (χ3v) is 3.00. The minimum atomic E-state index is -0.606. The molecule has 0 spiro atoms. The molecule has 2 aromatic carbocycles. The van der Waals surface area contributed by atoms with Crippen LogP contribution in [0.2, 0.25) is 0 Å². The van der Waals surface area contributed by atoms with Crippen LogP contribution in [0.5, 0.6) is 0 Å². The topological polar surface area (TPSA) is 46.3 Å². The zero-order valence-electron chi connectivity index (χ0n) is 10.9. The van der Waals surface area contributed by atoms with E-state index in [9.17, 15) is 9.18 Å². The zero-order chi connectivity index (χ0) is 14.0. The first-order chi connectivity index (χ1) is 9.00. The molecule has 2 aromatic rings. The number of nitrogen functional groups attached to an aromatic ring is 1. The number of nitrogens with zero attached hydrogens (tertiary/aromatic N) is 1. The number of anilines is 2. The van der Waals surface area contributed by atoms with Gasteiger partial charge in [0.05, 0.1) is 5.56 Å². The van der Waals surface area contributed by atoms with Gasteiger partial charge in [0, 0.05) is 18.4 Å². The Kier molecular flexibility index (Phi) is 3.51. The number of halogens is 1. The minimum Gasteiger partial charge on any atom is -0.399 e. The maximum Gasteiger partial charge on any atom is 0.260 e. The zero-order valence-corrected chi connectivity index (χ0v) is 10.9. The van der Waals surface area contributed by atoms with Gasteiger partial charge in [0.25, 0.3) is 5.91 Å². The second-order valence-electron chi connectivity index (χ2n) is 4.39. The first-order valence-electron chi connectivity index (χ1n) is 5.89. The molecular weight excluding hydrogens is 243 g/mol. The fourth-order valence-electron chi connectivity index (χ4n) is 1.93. The van der Waals surface area contributed by atoms with Crippen molar-refractivity contribution in [2.24, 2.45) is 0 Å². The summed E-state index contributed by atoms with van der Waals surface area (Å²) >= 11 is 0. The predicted molar refractivity (Wildman–Crippen MR) is 74.7 cm³/mol. The van der Waals surface area contributed by atoms with E-state index in [1.807, 2.05) is 31.2 Å². The number of hydrogen-bond donors (Lipinski definition) is 1. The van der Waals surface area contributed by atoms with E-state index in [0.717, 1.165) is 17.3 Å². The number of benzene rings is 2. The lowest BCUT2D eigenvalue weighted by molar-refractivity contribution is 0.0989. The molecule has 3 nitrogen and oxygen atoms in total. The van der Waals surface area contributed by atoms with Gasteiger partial charge in [-0.05, 0) is 36.8 Å². The van der Waals surface area contributed by atoms with Gasteiger partial charge in [-0.3, -0.25) is 4.79 Å². The van der Waals surface area contributed by atoms with Crippen LogP contribution in [0.3, 0.4) is 0 Å². The van der Waals surface area contributed by atoms with Crippen molar-refractivity contribution >= 4 is 17.3 Å². The molecule has 0 saturated carbocycles. The number of hydrogen-bond acceptors (Lipinski definition) is 2. The van der Waals surface area contributed by atoms with Crippen molar-refractivity contribution in [1.82, 2.24) is 0 Å². The Labute approximate surface area is 111 Å². The summed E-state index contributed by atoms with van der Waals surface area (Å²) in [7, 11) is 1.63. The molecule has 0 unspecified atom stereocenters. The largest absolute Gasteiger partial charge is 0.399 e. The van der Waals surface area contributed by atoms with Crippen molar-refractivity contribution in [2.75, 3.05) is 17.7 Å². The van der Waals surface area contributed by atoms with Crippen LogP contribution in [0.1, 0.15) is 15.9 Å². The molecule has 2 N–H and O–H groups in total. The van der Waals surface area contributed by atoms with Gasteiger partial charge >= 0.3 is 0 Å². The number of para-hydroxylation sites is 1. The molecule has 0 heterocycles. The molecular formula is C15H15FN2O. The third kappa shape index (κ3) is 2.57. The monoisotopic (exact) mass is 258 g/mol. The summed E-state index contributed by atoms with van der Waals surface area (Å²) in [6.07, 6.45) is 0. The van der Waals surface area contributed by atoms with E-state index in [-0.39, 0.29) is 5.56 Å². The number of nitrogens with two attached hydrogens (primary N) is 1. The van der Waals surface area contributed by atoms with E-state index in [1.54, 1.807) is 7.05 Å². The van der Waals surface area contributed by atoms with Gasteiger partial charge < -0.3 is 10.6 Å². The second-order valence-corrected chi connectivity index (χ2v) is 4.39. The summed E-state index contributed by atoms with van der Waals surface area (Å²) < 4.78 is 13.7. The summed E-state index contributed by atoms with van der Waals surface area (Å²) in [5.74, 6) is -1.00. The molecule has 0 aliphatic carbocycles. The van der Waals surface area contributed by atoms with E-state index < -0.39 is 11.7 Å². The summed E-state index contributed by atoms with van der Waals surface area (Å²) in [6.45, 7) is 1.90. The van der Waals surface area contributed by atoms with Crippen molar-refractivity contribution in [3.8, 4) is 0 Å². The highest BCUT2D eigenvalue weighted by Crippen LogP contribution is 2.21. The van der Waals surface area contributed by atoms with Gasteiger partial charge in [0.15, 0.2) is 0 Å². The first kappa shape index (κ1) is 13.1. The number of amides is 1.